The minimum absolute atomic E-state index is 0.142. The van der Waals surface area contributed by atoms with E-state index < -0.39 is 0 Å². The van der Waals surface area contributed by atoms with Gasteiger partial charge in [-0.2, -0.15) is 0 Å². The van der Waals surface area contributed by atoms with Crippen LogP contribution in [-0.2, 0) is 6.54 Å². The zero-order chi connectivity index (χ0) is 22.6. The molecular formula is C27H36N2O3. The van der Waals surface area contributed by atoms with Crippen LogP contribution in [0.5, 0.6) is 11.5 Å². The van der Waals surface area contributed by atoms with Gasteiger partial charge >= 0.3 is 0 Å². The molecule has 172 valence electrons. The van der Waals surface area contributed by atoms with E-state index in [-0.39, 0.29) is 11.3 Å². The van der Waals surface area contributed by atoms with E-state index in [1.54, 1.807) is 7.11 Å². The number of hydrogen-bond acceptors (Lipinski definition) is 4. The number of carbonyl (C=O) groups is 1. The average molecular weight is 437 g/mol. The Morgan fingerprint density at radius 2 is 1.69 bits per heavy atom. The van der Waals surface area contributed by atoms with E-state index in [1.807, 2.05) is 29.2 Å². The monoisotopic (exact) mass is 436 g/mol. The van der Waals surface area contributed by atoms with Crippen molar-refractivity contribution in [3.8, 4) is 11.5 Å². The van der Waals surface area contributed by atoms with Crippen LogP contribution < -0.4 is 9.47 Å². The predicted octanol–water partition coefficient (Wildman–Crippen LogP) is 4.86. The third-order valence-electron chi connectivity index (χ3n) is 6.92. The summed E-state index contributed by atoms with van der Waals surface area (Å²) in [7, 11) is 1.64. The summed E-state index contributed by atoms with van der Waals surface area (Å²) in [6.07, 6.45) is 3.40. The van der Waals surface area contributed by atoms with Crippen molar-refractivity contribution >= 4 is 5.91 Å². The lowest BCUT2D eigenvalue weighted by molar-refractivity contribution is 0.0712. The van der Waals surface area contributed by atoms with Gasteiger partial charge in [-0.05, 0) is 74.0 Å². The van der Waals surface area contributed by atoms with E-state index >= 15 is 0 Å². The first-order valence-corrected chi connectivity index (χ1v) is 11.8. The summed E-state index contributed by atoms with van der Waals surface area (Å²) in [5.74, 6) is 2.45. The number of carbonyl (C=O) groups excluding carboxylic acids is 1. The fraction of sp³-hybridized carbons (Fsp3) is 0.519. The van der Waals surface area contributed by atoms with E-state index in [0.29, 0.717) is 5.92 Å². The normalized spacial score (nSPS) is 18.3. The molecule has 0 radical (unpaired) electrons. The van der Waals surface area contributed by atoms with Gasteiger partial charge in [-0.1, -0.05) is 32.0 Å². The number of benzene rings is 2. The Hall–Kier alpha value is -2.53. The molecule has 0 N–H and O–H groups in total. The Morgan fingerprint density at radius 3 is 2.38 bits per heavy atom. The summed E-state index contributed by atoms with van der Waals surface area (Å²) in [5.41, 5.74) is 2.29. The van der Waals surface area contributed by atoms with Crippen LogP contribution in [0.3, 0.4) is 0 Å². The van der Waals surface area contributed by atoms with E-state index in [0.717, 1.165) is 75.7 Å². The average Bonchev–Trinajstić information content (AvgIpc) is 3.23. The van der Waals surface area contributed by atoms with Crippen molar-refractivity contribution in [2.24, 2.45) is 11.3 Å². The van der Waals surface area contributed by atoms with Gasteiger partial charge in [0.1, 0.15) is 11.5 Å². The first-order valence-electron chi connectivity index (χ1n) is 11.8. The van der Waals surface area contributed by atoms with Crippen LogP contribution in [-0.4, -0.2) is 55.6 Å². The van der Waals surface area contributed by atoms with Crippen molar-refractivity contribution in [3.05, 3.63) is 59.7 Å². The van der Waals surface area contributed by atoms with Crippen LogP contribution >= 0.6 is 0 Å². The molecule has 2 fully saturated rings. The van der Waals surface area contributed by atoms with Crippen LogP contribution in [0.15, 0.2) is 48.5 Å². The molecule has 2 saturated heterocycles. The molecule has 0 unspecified atom stereocenters. The highest BCUT2D eigenvalue weighted by molar-refractivity contribution is 5.94. The number of ether oxygens (including phenoxy) is 2. The molecule has 0 atom stereocenters. The maximum absolute atomic E-state index is 13.0. The number of methoxy groups -OCH3 is 1. The molecule has 2 aromatic rings. The standard InChI is InChI=1S/C27H36N2O3/c1-21(2)19-32-25-7-5-4-6-23(25)18-28-15-12-27(13-16-28)14-17-29(20-27)26(30)22-8-10-24(31-3)11-9-22/h4-11,21H,12-20H2,1-3H3. The van der Waals surface area contributed by atoms with E-state index in [4.69, 9.17) is 9.47 Å². The summed E-state index contributed by atoms with van der Waals surface area (Å²) >= 11 is 0. The molecular weight excluding hydrogens is 400 g/mol. The molecule has 4 rings (SSSR count). The van der Waals surface area contributed by atoms with Gasteiger partial charge in [0.05, 0.1) is 13.7 Å². The van der Waals surface area contributed by atoms with Crippen LogP contribution in [0.1, 0.15) is 49.0 Å². The number of para-hydroxylation sites is 1. The smallest absolute Gasteiger partial charge is 0.253 e. The number of rotatable bonds is 7. The minimum atomic E-state index is 0.142. The molecule has 0 aromatic heterocycles. The maximum atomic E-state index is 13.0. The molecule has 2 aliphatic heterocycles. The lowest BCUT2D eigenvalue weighted by atomic mass is 9.77. The zero-order valence-electron chi connectivity index (χ0n) is 19.7. The Kier molecular flexibility index (Phi) is 7.04. The van der Waals surface area contributed by atoms with Gasteiger partial charge in [-0.25, -0.2) is 0 Å². The van der Waals surface area contributed by atoms with Gasteiger partial charge in [-0.15, -0.1) is 0 Å². The number of amides is 1. The van der Waals surface area contributed by atoms with Crippen molar-refractivity contribution in [1.29, 1.82) is 0 Å². The molecule has 0 saturated carbocycles. The molecule has 0 aliphatic carbocycles. The topological polar surface area (TPSA) is 42.0 Å². The fourth-order valence-electron chi connectivity index (χ4n) is 4.89. The van der Waals surface area contributed by atoms with Crippen LogP contribution in [0.2, 0.25) is 0 Å². The highest BCUT2D eigenvalue weighted by atomic mass is 16.5. The van der Waals surface area contributed by atoms with Crippen LogP contribution in [0.25, 0.3) is 0 Å². The first kappa shape index (κ1) is 22.7. The van der Waals surface area contributed by atoms with Crippen molar-refractivity contribution in [2.75, 3.05) is 39.9 Å². The summed E-state index contributed by atoms with van der Waals surface area (Å²) < 4.78 is 11.3. The highest BCUT2D eigenvalue weighted by Crippen LogP contribution is 2.41. The van der Waals surface area contributed by atoms with Crippen LogP contribution in [0, 0.1) is 11.3 Å². The quantitative estimate of drug-likeness (QED) is 0.622. The maximum Gasteiger partial charge on any atom is 0.253 e. The molecule has 2 aliphatic rings. The van der Waals surface area contributed by atoms with Gasteiger partial charge in [0.2, 0.25) is 0 Å². The van der Waals surface area contributed by atoms with Gasteiger partial charge in [0.15, 0.2) is 0 Å². The molecule has 32 heavy (non-hydrogen) atoms. The summed E-state index contributed by atoms with van der Waals surface area (Å²) in [6.45, 7) is 9.91. The number of nitrogens with zero attached hydrogens (tertiary/aromatic N) is 2. The van der Waals surface area contributed by atoms with Crippen molar-refractivity contribution in [3.63, 3.8) is 0 Å². The van der Waals surface area contributed by atoms with Crippen molar-refractivity contribution in [1.82, 2.24) is 9.80 Å². The highest BCUT2D eigenvalue weighted by Gasteiger charge is 2.42. The van der Waals surface area contributed by atoms with Gasteiger partial charge in [-0.3, -0.25) is 9.69 Å². The Labute approximate surface area is 192 Å². The second kappa shape index (κ2) is 9.95. The fourth-order valence-corrected chi connectivity index (χ4v) is 4.89. The second-order valence-corrected chi connectivity index (χ2v) is 9.79. The third-order valence-corrected chi connectivity index (χ3v) is 6.92. The molecule has 1 amide bonds. The zero-order valence-corrected chi connectivity index (χ0v) is 19.7. The largest absolute Gasteiger partial charge is 0.497 e. The Balaban J connectivity index is 1.31. The van der Waals surface area contributed by atoms with Gasteiger partial charge < -0.3 is 14.4 Å². The van der Waals surface area contributed by atoms with Gasteiger partial charge in [0, 0.05) is 30.8 Å². The van der Waals surface area contributed by atoms with Crippen molar-refractivity contribution in [2.45, 2.75) is 39.7 Å². The van der Waals surface area contributed by atoms with E-state index in [1.165, 1.54) is 5.56 Å². The number of piperidine rings is 1. The number of likely N-dealkylation sites (tertiary alicyclic amines) is 2. The Morgan fingerprint density at radius 1 is 1.00 bits per heavy atom. The Bertz CT molecular complexity index is 901. The molecule has 5 nitrogen and oxygen atoms in total. The van der Waals surface area contributed by atoms with Crippen LogP contribution in [0.4, 0.5) is 0 Å². The molecule has 0 bridgehead atoms. The third kappa shape index (κ3) is 5.26. The summed E-state index contributed by atoms with van der Waals surface area (Å²) in [6, 6.07) is 15.9. The second-order valence-electron chi connectivity index (χ2n) is 9.79. The molecule has 1 spiro atoms. The predicted molar refractivity (Wildman–Crippen MR) is 127 cm³/mol. The number of hydrogen-bond donors (Lipinski definition) is 0. The molecule has 2 heterocycles. The SMILES string of the molecule is COc1ccc(C(=O)N2CCC3(CCN(Cc4ccccc4OCC(C)C)CC3)C2)cc1. The van der Waals surface area contributed by atoms with E-state index in [9.17, 15) is 4.79 Å². The lowest BCUT2D eigenvalue weighted by Gasteiger charge is -2.39. The van der Waals surface area contributed by atoms with E-state index in [2.05, 4.69) is 43.0 Å². The first-order chi connectivity index (χ1) is 15.5. The van der Waals surface area contributed by atoms with Gasteiger partial charge in [0.25, 0.3) is 5.91 Å². The molecule has 2 aromatic carbocycles. The summed E-state index contributed by atoms with van der Waals surface area (Å²) in [4.78, 5) is 17.6. The lowest BCUT2D eigenvalue weighted by Crippen LogP contribution is -2.42. The van der Waals surface area contributed by atoms with Crippen molar-refractivity contribution < 1.29 is 14.3 Å². The summed E-state index contributed by atoms with van der Waals surface area (Å²) in [5, 5.41) is 0. The molecule has 5 heteroatoms. The minimum Gasteiger partial charge on any atom is -0.497 e.